The fourth-order valence-corrected chi connectivity index (χ4v) is 3.24. The molecule has 0 atom stereocenters. The van der Waals surface area contributed by atoms with Crippen molar-refractivity contribution >= 4 is 27.3 Å². The van der Waals surface area contributed by atoms with Gasteiger partial charge in [0.05, 0.1) is 0 Å². The summed E-state index contributed by atoms with van der Waals surface area (Å²) in [6.45, 7) is 1.64. The van der Waals surface area contributed by atoms with E-state index in [4.69, 9.17) is 5.73 Å². The molecular weight excluding hydrogens is 300 g/mol. The highest BCUT2D eigenvalue weighted by atomic mass is 79.9. The van der Waals surface area contributed by atoms with Crippen molar-refractivity contribution < 1.29 is 0 Å². The molecule has 0 amide bonds. The molecule has 98 valence electrons. The molecule has 1 aliphatic rings. The smallest absolute Gasteiger partial charge is 0.0443 e. The number of nitrogens with zero attached hydrogens (tertiary/aromatic N) is 1. The second kappa shape index (κ2) is 5.35. The summed E-state index contributed by atoms with van der Waals surface area (Å²) in [5.74, 6) is 0. The van der Waals surface area contributed by atoms with Gasteiger partial charge in [-0.2, -0.15) is 0 Å². The van der Waals surface area contributed by atoms with E-state index in [0.717, 1.165) is 16.6 Å². The Labute approximate surface area is 122 Å². The number of hydrogen-bond acceptors (Lipinski definition) is 2. The molecule has 0 fully saturated rings. The molecule has 1 heterocycles. The van der Waals surface area contributed by atoms with Gasteiger partial charge >= 0.3 is 0 Å². The van der Waals surface area contributed by atoms with Crippen LogP contribution in [0.1, 0.15) is 17.5 Å². The van der Waals surface area contributed by atoms with Crippen LogP contribution >= 0.6 is 15.9 Å². The van der Waals surface area contributed by atoms with Crippen LogP contribution in [0, 0.1) is 0 Å². The first-order chi connectivity index (χ1) is 9.28. The van der Waals surface area contributed by atoms with Gasteiger partial charge in [-0.1, -0.05) is 34.1 Å². The number of aryl methyl sites for hydroxylation is 1. The highest BCUT2D eigenvalue weighted by molar-refractivity contribution is 9.10. The van der Waals surface area contributed by atoms with Crippen molar-refractivity contribution in [1.82, 2.24) is 0 Å². The van der Waals surface area contributed by atoms with E-state index in [-0.39, 0.29) is 0 Å². The average molecular weight is 317 g/mol. The number of benzene rings is 2. The van der Waals surface area contributed by atoms with E-state index < -0.39 is 0 Å². The van der Waals surface area contributed by atoms with Gasteiger partial charge in [-0.3, -0.25) is 0 Å². The van der Waals surface area contributed by atoms with E-state index in [1.807, 2.05) is 0 Å². The van der Waals surface area contributed by atoms with Crippen LogP contribution in [0.2, 0.25) is 0 Å². The van der Waals surface area contributed by atoms with Crippen LogP contribution in [0.15, 0.2) is 46.9 Å². The summed E-state index contributed by atoms with van der Waals surface area (Å²) in [5.41, 5.74) is 10.9. The van der Waals surface area contributed by atoms with Crippen LogP contribution in [0.25, 0.3) is 0 Å². The van der Waals surface area contributed by atoms with Crippen molar-refractivity contribution in [1.29, 1.82) is 0 Å². The first kappa shape index (κ1) is 12.7. The summed E-state index contributed by atoms with van der Waals surface area (Å²) < 4.78 is 1.09. The minimum absolute atomic E-state index is 0.571. The van der Waals surface area contributed by atoms with Crippen molar-refractivity contribution in [3.8, 4) is 0 Å². The SMILES string of the molecule is NCc1cc(Br)cc(N2CCCc3ccccc32)c1. The monoisotopic (exact) mass is 316 g/mol. The lowest BCUT2D eigenvalue weighted by Crippen LogP contribution is -2.24. The molecule has 19 heavy (non-hydrogen) atoms. The maximum Gasteiger partial charge on any atom is 0.0443 e. The molecule has 3 rings (SSSR count). The number of nitrogens with two attached hydrogens (primary N) is 1. The zero-order valence-corrected chi connectivity index (χ0v) is 12.4. The Bertz CT molecular complexity index is 595. The molecule has 0 spiro atoms. The summed E-state index contributed by atoms with van der Waals surface area (Å²) in [7, 11) is 0. The minimum atomic E-state index is 0.571. The molecule has 0 radical (unpaired) electrons. The Morgan fingerprint density at radius 3 is 2.84 bits per heavy atom. The van der Waals surface area contributed by atoms with E-state index in [0.29, 0.717) is 6.54 Å². The molecule has 2 aromatic carbocycles. The van der Waals surface area contributed by atoms with Crippen molar-refractivity contribution in [2.75, 3.05) is 11.4 Å². The Morgan fingerprint density at radius 2 is 2.00 bits per heavy atom. The van der Waals surface area contributed by atoms with E-state index >= 15 is 0 Å². The van der Waals surface area contributed by atoms with Crippen LogP contribution in [0.3, 0.4) is 0 Å². The minimum Gasteiger partial charge on any atom is -0.341 e. The van der Waals surface area contributed by atoms with Crippen LogP contribution in [0.5, 0.6) is 0 Å². The summed E-state index contributed by atoms with van der Waals surface area (Å²) in [5, 5.41) is 0. The maximum absolute atomic E-state index is 5.77. The van der Waals surface area contributed by atoms with Crippen molar-refractivity contribution in [2.45, 2.75) is 19.4 Å². The molecule has 3 heteroatoms. The van der Waals surface area contributed by atoms with Crippen molar-refractivity contribution in [3.63, 3.8) is 0 Å². The fraction of sp³-hybridized carbons (Fsp3) is 0.250. The number of hydrogen-bond donors (Lipinski definition) is 1. The molecule has 2 aromatic rings. The Morgan fingerprint density at radius 1 is 1.16 bits per heavy atom. The lowest BCUT2D eigenvalue weighted by atomic mass is 10.0. The first-order valence-corrected chi connectivity index (χ1v) is 7.42. The van der Waals surface area contributed by atoms with Crippen LogP contribution in [-0.4, -0.2) is 6.54 Å². The van der Waals surface area contributed by atoms with Crippen LogP contribution < -0.4 is 10.6 Å². The highest BCUT2D eigenvalue weighted by Gasteiger charge is 2.18. The average Bonchev–Trinajstić information content (AvgIpc) is 2.46. The molecule has 1 aliphatic heterocycles. The second-order valence-electron chi connectivity index (χ2n) is 4.91. The van der Waals surface area contributed by atoms with Gasteiger partial charge in [0.2, 0.25) is 0 Å². The Hall–Kier alpha value is -1.32. The third kappa shape index (κ3) is 2.53. The Balaban J connectivity index is 2.06. The predicted molar refractivity (Wildman–Crippen MR) is 83.8 cm³/mol. The highest BCUT2D eigenvalue weighted by Crippen LogP contribution is 2.34. The van der Waals surface area contributed by atoms with Gasteiger partial charge in [0.15, 0.2) is 0 Å². The van der Waals surface area contributed by atoms with Gasteiger partial charge in [0.1, 0.15) is 0 Å². The van der Waals surface area contributed by atoms with Gasteiger partial charge in [0.25, 0.3) is 0 Å². The molecule has 0 aromatic heterocycles. The van der Waals surface area contributed by atoms with Gasteiger partial charge in [0, 0.05) is 28.9 Å². The summed E-state index contributed by atoms with van der Waals surface area (Å²) in [6.07, 6.45) is 2.37. The predicted octanol–water partition coefficient (Wildman–Crippen LogP) is 3.99. The van der Waals surface area contributed by atoms with Crippen LogP contribution in [0.4, 0.5) is 11.4 Å². The molecule has 0 aliphatic carbocycles. The molecule has 2 nitrogen and oxygen atoms in total. The lowest BCUT2D eigenvalue weighted by molar-refractivity contribution is 0.766. The van der Waals surface area contributed by atoms with E-state index in [9.17, 15) is 0 Å². The Kier molecular flexibility index (Phi) is 3.58. The molecule has 0 saturated carbocycles. The first-order valence-electron chi connectivity index (χ1n) is 6.63. The maximum atomic E-state index is 5.77. The third-order valence-electron chi connectivity index (χ3n) is 3.60. The zero-order chi connectivity index (χ0) is 13.2. The third-order valence-corrected chi connectivity index (χ3v) is 4.06. The number of anilines is 2. The lowest BCUT2D eigenvalue weighted by Gasteiger charge is -2.31. The molecular formula is C16H17BrN2. The number of para-hydroxylation sites is 1. The topological polar surface area (TPSA) is 29.3 Å². The zero-order valence-electron chi connectivity index (χ0n) is 10.8. The standard InChI is InChI=1S/C16H17BrN2/c17-14-8-12(11-18)9-15(10-14)19-7-3-5-13-4-1-2-6-16(13)19/h1-2,4,6,8-10H,3,5,7,11,18H2. The molecule has 0 unspecified atom stereocenters. The van der Waals surface area contributed by atoms with E-state index in [1.54, 1.807) is 0 Å². The van der Waals surface area contributed by atoms with Crippen molar-refractivity contribution in [3.05, 3.63) is 58.1 Å². The van der Waals surface area contributed by atoms with Crippen LogP contribution in [-0.2, 0) is 13.0 Å². The number of halogens is 1. The van der Waals surface area contributed by atoms with E-state index in [2.05, 4.69) is 63.3 Å². The normalized spacial score (nSPS) is 14.3. The largest absolute Gasteiger partial charge is 0.341 e. The molecule has 0 saturated heterocycles. The summed E-state index contributed by atoms with van der Waals surface area (Å²) in [6, 6.07) is 15.1. The molecule has 0 bridgehead atoms. The molecule has 2 N–H and O–H groups in total. The fourth-order valence-electron chi connectivity index (χ4n) is 2.71. The van der Waals surface area contributed by atoms with Gasteiger partial charge < -0.3 is 10.6 Å². The van der Waals surface area contributed by atoms with Crippen molar-refractivity contribution in [2.24, 2.45) is 5.73 Å². The van der Waals surface area contributed by atoms with Gasteiger partial charge in [-0.05, 0) is 48.2 Å². The van der Waals surface area contributed by atoms with Gasteiger partial charge in [-0.15, -0.1) is 0 Å². The summed E-state index contributed by atoms with van der Waals surface area (Å²) >= 11 is 3.58. The van der Waals surface area contributed by atoms with Gasteiger partial charge in [-0.25, -0.2) is 0 Å². The second-order valence-corrected chi connectivity index (χ2v) is 5.82. The number of rotatable bonds is 2. The van der Waals surface area contributed by atoms with E-state index in [1.165, 1.54) is 29.8 Å². The summed E-state index contributed by atoms with van der Waals surface area (Å²) in [4.78, 5) is 2.39. The number of fused-ring (bicyclic) bond motifs is 1. The quantitative estimate of drug-likeness (QED) is 0.907.